The van der Waals surface area contributed by atoms with Crippen molar-refractivity contribution in [2.24, 2.45) is 5.73 Å². The van der Waals surface area contributed by atoms with Gasteiger partial charge in [0.15, 0.2) is 0 Å². The Kier molecular flexibility index (Phi) is 3.74. The molecule has 1 aromatic rings. The summed E-state index contributed by atoms with van der Waals surface area (Å²) in [6.45, 7) is 4.08. The SMILES string of the molecule is CCn1cc(Cl)cc1C(=O)N1CCCC1CN. The Morgan fingerprint density at radius 3 is 3.06 bits per heavy atom. The molecule has 1 aromatic heterocycles. The van der Waals surface area contributed by atoms with E-state index in [4.69, 9.17) is 17.3 Å². The Morgan fingerprint density at radius 1 is 1.65 bits per heavy atom. The molecular formula is C12H18ClN3O. The smallest absolute Gasteiger partial charge is 0.270 e. The highest BCUT2D eigenvalue weighted by molar-refractivity contribution is 6.31. The molecule has 4 nitrogen and oxygen atoms in total. The number of nitrogens with two attached hydrogens (primary N) is 1. The van der Waals surface area contributed by atoms with Gasteiger partial charge in [-0.3, -0.25) is 4.79 Å². The molecular weight excluding hydrogens is 238 g/mol. The zero-order valence-corrected chi connectivity index (χ0v) is 10.8. The van der Waals surface area contributed by atoms with Gasteiger partial charge in [-0.15, -0.1) is 0 Å². The van der Waals surface area contributed by atoms with Crippen LogP contribution < -0.4 is 5.73 Å². The summed E-state index contributed by atoms with van der Waals surface area (Å²) in [4.78, 5) is 14.3. The molecule has 0 spiro atoms. The molecule has 2 rings (SSSR count). The molecule has 0 saturated carbocycles. The van der Waals surface area contributed by atoms with E-state index < -0.39 is 0 Å². The maximum Gasteiger partial charge on any atom is 0.270 e. The molecule has 1 atom stereocenters. The minimum Gasteiger partial charge on any atom is -0.342 e. The molecule has 1 saturated heterocycles. The largest absolute Gasteiger partial charge is 0.342 e. The van der Waals surface area contributed by atoms with E-state index in [9.17, 15) is 4.79 Å². The van der Waals surface area contributed by atoms with Crippen molar-refractivity contribution in [2.75, 3.05) is 13.1 Å². The molecule has 1 aliphatic rings. The number of nitrogens with zero attached hydrogens (tertiary/aromatic N) is 2. The van der Waals surface area contributed by atoms with Crippen LogP contribution in [0.5, 0.6) is 0 Å². The van der Waals surface area contributed by atoms with Crippen LogP contribution in [0.25, 0.3) is 0 Å². The lowest BCUT2D eigenvalue weighted by atomic mass is 10.2. The molecule has 0 radical (unpaired) electrons. The fourth-order valence-corrected chi connectivity index (χ4v) is 2.63. The number of likely N-dealkylation sites (tertiary alicyclic amines) is 1. The zero-order chi connectivity index (χ0) is 12.4. The van der Waals surface area contributed by atoms with Crippen LogP contribution in [0.15, 0.2) is 12.3 Å². The molecule has 17 heavy (non-hydrogen) atoms. The molecule has 2 heterocycles. The van der Waals surface area contributed by atoms with Crippen molar-refractivity contribution in [2.45, 2.75) is 32.4 Å². The number of aryl methyl sites for hydroxylation is 1. The maximum atomic E-state index is 12.4. The minimum atomic E-state index is 0.0479. The number of hydrogen-bond acceptors (Lipinski definition) is 2. The van der Waals surface area contributed by atoms with Crippen molar-refractivity contribution >= 4 is 17.5 Å². The number of amides is 1. The van der Waals surface area contributed by atoms with Crippen LogP contribution in [0.2, 0.25) is 5.02 Å². The fourth-order valence-electron chi connectivity index (χ4n) is 2.41. The highest BCUT2D eigenvalue weighted by atomic mass is 35.5. The fraction of sp³-hybridized carbons (Fsp3) is 0.583. The summed E-state index contributed by atoms with van der Waals surface area (Å²) in [5, 5.41) is 0.610. The van der Waals surface area contributed by atoms with E-state index in [0.717, 1.165) is 25.9 Å². The predicted molar refractivity (Wildman–Crippen MR) is 68.2 cm³/mol. The Labute approximate surface area is 106 Å². The molecule has 1 amide bonds. The molecule has 5 heteroatoms. The van der Waals surface area contributed by atoms with Gasteiger partial charge in [0.2, 0.25) is 0 Å². The van der Waals surface area contributed by atoms with Crippen molar-refractivity contribution in [3.8, 4) is 0 Å². The van der Waals surface area contributed by atoms with Gasteiger partial charge < -0.3 is 15.2 Å². The van der Waals surface area contributed by atoms with Crippen molar-refractivity contribution < 1.29 is 4.79 Å². The average Bonchev–Trinajstić information content (AvgIpc) is 2.93. The second-order valence-corrected chi connectivity index (χ2v) is 4.80. The van der Waals surface area contributed by atoms with E-state index in [1.54, 1.807) is 12.3 Å². The van der Waals surface area contributed by atoms with Crippen LogP contribution in [-0.2, 0) is 6.54 Å². The minimum absolute atomic E-state index is 0.0479. The number of rotatable bonds is 3. The first kappa shape index (κ1) is 12.5. The normalized spacial score (nSPS) is 19.9. The van der Waals surface area contributed by atoms with Gasteiger partial charge in [-0.1, -0.05) is 11.6 Å². The number of hydrogen-bond donors (Lipinski definition) is 1. The van der Waals surface area contributed by atoms with Gasteiger partial charge in [0.05, 0.1) is 5.02 Å². The van der Waals surface area contributed by atoms with Crippen molar-refractivity contribution in [3.05, 3.63) is 23.0 Å². The first-order chi connectivity index (χ1) is 8.17. The van der Waals surface area contributed by atoms with E-state index in [0.29, 0.717) is 17.3 Å². The van der Waals surface area contributed by atoms with E-state index in [1.165, 1.54) is 0 Å². The van der Waals surface area contributed by atoms with E-state index in [-0.39, 0.29) is 11.9 Å². The number of carbonyl (C=O) groups excluding carboxylic acids is 1. The first-order valence-electron chi connectivity index (χ1n) is 6.04. The summed E-state index contributed by atoms with van der Waals surface area (Å²) in [6.07, 6.45) is 3.83. The van der Waals surface area contributed by atoms with Crippen LogP contribution in [0, 0.1) is 0 Å². The quantitative estimate of drug-likeness (QED) is 0.894. The van der Waals surface area contributed by atoms with Crippen molar-refractivity contribution in [1.82, 2.24) is 9.47 Å². The van der Waals surface area contributed by atoms with Crippen molar-refractivity contribution in [3.63, 3.8) is 0 Å². The monoisotopic (exact) mass is 255 g/mol. The number of aromatic nitrogens is 1. The first-order valence-corrected chi connectivity index (χ1v) is 6.42. The molecule has 1 unspecified atom stereocenters. The third-order valence-corrected chi connectivity index (χ3v) is 3.54. The van der Waals surface area contributed by atoms with Crippen LogP contribution in [-0.4, -0.2) is 34.5 Å². The predicted octanol–water partition coefficient (Wildman–Crippen LogP) is 1.72. The van der Waals surface area contributed by atoms with E-state index in [2.05, 4.69) is 0 Å². The number of halogens is 1. The summed E-state index contributed by atoms with van der Waals surface area (Å²) >= 11 is 5.95. The Balaban J connectivity index is 2.24. The lowest BCUT2D eigenvalue weighted by molar-refractivity contribution is 0.0730. The lowest BCUT2D eigenvalue weighted by Crippen LogP contribution is -2.40. The highest BCUT2D eigenvalue weighted by Crippen LogP contribution is 2.22. The van der Waals surface area contributed by atoms with Crippen LogP contribution in [0.3, 0.4) is 0 Å². The standard InChI is InChI=1S/C12H18ClN3O/c1-2-15-8-9(13)6-11(15)12(17)16-5-3-4-10(16)7-14/h6,8,10H,2-5,7,14H2,1H3. The van der Waals surface area contributed by atoms with Gasteiger partial charge in [-0.2, -0.15) is 0 Å². The van der Waals surface area contributed by atoms with Gasteiger partial charge in [0, 0.05) is 31.9 Å². The van der Waals surface area contributed by atoms with Gasteiger partial charge >= 0.3 is 0 Å². The Bertz CT molecular complexity index is 416. The van der Waals surface area contributed by atoms with Crippen LogP contribution in [0.1, 0.15) is 30.3 Å². The topological polar surface area (TPSA) is 51.3 Å². The van der Waals surface area contributed by atoms with Crippen LogP contribution in [0.4, 0.5) is 0 Å². The molecule has 0 aromatic carbocycles. The second-order valence-electron chi connectivity index (χ2n) is 4.36. The van der Waals surface area contributed by atoms with Gasteiger partial charge in [0.25, 0.3) is 5.91 Å². The third-order valence-electron chi connectivity index (χ3n) is 3.33. The zero-order valence-electron chi connectivity index (χ0n) is 10.0. The summed E-state index contributed by atoms with van der Waals surface area (Å²) in [7, 11) is 0. The molecule has 0 bridgehead atoms. The van der Waals surface area contributed by atoms with Gasteiger partial charge in [-0.25, -0.2) is 0 Å². The van der Waals surface area contributed by atoms with Crippen LogP contribution >= 0.6 is 11.6 Å². The van der Waals surface area contributed by atoms with Gasteiger partial charge in [0.1, 0.15) is 5.69 Å². The molecule has 1 aliphatic heterocycles. The Hall–Kier alpha value is -1.00. The molecule has 0 aliphatic carbocycles. The average molecular weight is 256 g/mol. The van der Waals surface area contributed by atoms with Crippen molar-refractivity contribution in [1.29, 1.82) is 0 Å². The summed E-state index contributed by atoms with van der Waals surface area (Å²) in [5.41, 5.74) is 6.35. The molecule has 1 fully saturated rings. The Morgan fingerprint density at radius 2 is 2.41 bits per heavy atom. The second kappa shape index (κ2) is 5.10. The van der Waals surface area contributed by atoms with Gasteiger partial charge in [-0.05, 0) is 25.8 Å². The lowest BCUT2D eigenvalue weighted by Gasteiger charge is -2.23. The highest BCUT2D eigenvalue weighted by Gasteiger charge is 2.29. The summed E-state index contributed by atoms with van der Waals surface area (Å²) < 4.78 is 1.89. The third kappa shape index (κ3) is 2.33. The van der Waals surface area contributed by atoms with E-state index >= 15 is 0 Å². The summed E-state index contributed by atoms with van der Waals surface area (Å²) in [5.74, 6) is 0.0479. The van der Waals surface area contributed by atoms with E-state index in [1.807, 2.05) is 16.4 Å². The molecule has 2 N–H and O–H groups in total. The maximum absolute atomic E-state index is 12.4. The number of carbonyl (C=O) groups is 1. The summed E-state index contributed by atoms with van der Waals surface area (Å²) in [6, 6.07) is 1.92. The molecule has 94 valence electrons.